The average molecular weight is 244 g/mol. The van der Waals surface area contributed by atoms with E-state index >= 15 is 0 Å². The number of para-hydroxylation sites is 1. The van der Waals surface area contributed by atoms with E-state index in [2.05, 4.69) is 0 Å². The molecule has 1 aromatic heterocycles. The average Bonchev–Trinajstić information content (AvgIpc) is 2.42. The topological polar surface area (TPSA) is 57.2 Å². The fraction of sp³-hybridized carbons (Fsp3) is 0.214. The zero-order valence-corrected chi connectivity index (χ0v) is 10.1. The van der Waals surface area contributed by atoms with E-state index in [0.717, 1.165) is 5.75 Å². The standard InChI is InChI=1S/C14H16N2O2/c15-11-12-5-4-8-16(14(12)17)9-10-18-13-6-2-1-3-7-13/h1-8H,9-11,15H2. The number of benzene rings is 1. The zero-order valence-electron chi connectivity index (χ0n) is 10.1. The van der Waals surface area contributed by atoms with Gasteiger partial charge in [0.15, 0.2) is 0 Å². The smallest absolute Gasteiger partial charge is 0.255 e. The SMILES string of the molecule is NCc1cccn(CCOc2ccccc2)c1=O. The molecule has 2 rings (SSSR count). The minimum atomic E-state index is -0.0448. The van der Waals surface area contributed by atoms with Crippen LogP contribution >= 0.6 is 0 Å². The van der Waals surface area contributed by atoms with Crippen molar-refractivity contribution in [2.75, 3.05) is 6.61 Å². The molecule has 4 heteroatoms. The van der Waals surface area contributed by atoms with E-state index in [0.29, 0.717) is 18.7 Å². The number of aromatic nitrogens is 1. The summed E-state index contributed by atoms with van der Waals surface area (Å²) in [6.07, 6.45) is 1.75. The lowest BCUT2D eigenvalue weighted by Gasteiger charge is -2.09. The van der Waals surface area contributed by atoms with E-state index < -0.39 is 0 Å². The van der Waals surface area contributed by atoms with Gasteiger partial charge in [-0.05, 0) is 18.2 Å². The summed E-state index contributed by atoms with van der Waals surface area (Å²) in [6, 6.07) is 13.1. The molecular weight excluding hydrogens is 228 g/mol. The van der Waals surface area contributed by atoms with Crippen LogP contribution in [0.15, 0.2) is 53.5 Å². The van der Waals surface area contributed by atoms with Crippen LogP contribution in [0.5, 0.6) is 5.75 Å². The Kier molecular flexibility index (Phi) is 4.15. The van der Waals surface area contributed by atoms with Gasteiger partial charge in [0.25, 0.3) is 5.56 Å². The molecule has 0 aliphatic rings. The summed E-state index contributed by atoms with van der Waals surface area (Å²) in [5, 5.41) is 0. The van der Waals surface area contributed by atoms with Crippen molar-refractivity contribution in [1.82, 2.24) is 4.57 Å². The lowest BCUT2D eigenvalue weighted by atomic mass is 10.3. The molecule has 2 N–H and O–H groups in total. The van der Waals surface area contributed by atoms with E-state index in [9.17, 15) is 4.79 Å². The van der Waals surface area contributed by atoms with Crippen molar-refractivity contribution in [2.45, 2.75) is 13.1 Å². The molecule has 0 bridgehead atoms. The van der Waals surface area contributed by atoms with Crippen LogP contribution in [0, 0.1) is 0 Å². The maximum Gasteiger partial charge on any atom is 0.255 e. The van der Waals surface area contributed by atoms with Gasteiger partial charge in [-0.1, -0.05) is 24.3 Å². The van der Waals surface area contributed by atoms with Crippen LogP contribution in [0.2, 0.25) is 0 Å². The van der Waals surface area contributed by atoms with Gasteiger partial charge in [-0.25, -0.2) is 0 Å². The van der Waals surface area contributed by atoms with Crippen LogP contribution in [-0.2, 0) is 13.1 Å². The van der Waals surface area contributed by atoms with Crippen molar-refractivity contribution in [3.8, 4) is 5.75 Å². The first-order valence-electron chi connectivity index (χ1n) is 5.87. The molecule has 0 fully saturated rings. The number of nitrogens with zero attached hydrogens (tertiary/aromatic N) is 1. The van der Waals surface area contributed by atoms with Crippen LogP contribution in [0.25, 0.3) is 0 Å². The third-order valence-electron chi connectivity index (χ3n) is 2.66. The fourth-order valence-electron chi connectivity index (χ4n) is 1.70. The number of ether oxygens (including phenoxy) is 1. The predicted molar refractivity (Wildman–Crippen MR) is 70.5 cm³/mol. The van der Waals surface area contributed by atoms with Crippen molar-refractivity contribution in [3.05, 3.63) is 64.6 Å². The Labute approximate surface area is 106 Å². The highest BCUT2D eigenvalue weighted by Crippen LogP contribution is 2.07. The number of nitrogens with two attached hydrogens (primary N) is 1. The highest BCUT2D eigenvalue weighted by molar-refractivity contribution is 5.20. The molecule has 0 aliphatic heterocycles. The normalized spacial score (nSPS) is 10.3. The first kappa shape index (κ1) is 12.4. The fourth-order valence-corrected chi connectivity index (χ4v) is 1.70. The van der Waals surface area contributed by atoms with Gasteiger partial charge in [-0.2, -0.15) is 0 Å². The first-order valence-corrected chi connectivity index (χ1v) is 5.87. The second kappa shape index (κ2) is 6.02. The molecule has 0 saturated heterocycles. The van der Waals surface area contributed by atoms with E-state index in [-0.39, 0.29) is 12.1 Å². The predicted octanol–water partition coefficient (Wildman–Crippen LogP) is 1.39. The number of hydrogen-bond acceptors (Lipinski definition) is 3. The van der Waals surface area contributed by atoms with Crippen molar-refractivity contribution in [1.29, 1.82) is 0 Å². The summed E-state index contributed by atoms with van der Waals surface area (Å²) >= 11 is 0. The highest BCUT2D eigenvalue weighted by Gasteiger charge is 2.01. The first-order chi connectivity index (χ1) is 8.81. The molecular formula is C14H16N2O2. The second-order valence-corrected chi connectivity index (χ2v) is 3.90. The zero-order chi connectivity index (χ0) is 12.8. The van der Waals surface area contributed by atoms with Gasteiger partial charge in [0.05, 0.1) is 6.54 Å². The Morgan fingerprint density at radius 3 is 2.61 bits per heavy atom. The summed E-state index contributed by atoms with van der Waals surface area (Å²) in [5.41, 5.74) is 6.07. The monoisotopic (exact) mass is 244 g/mol. The van der Waals surface area contributed by atoms with Crippen LogP contribution in [-0.4, -0.2) is 11.2 Å². The van der Waals surface area contributed by atoms with Crippen LogP contribution in [0.1, 0.15) is 5.56 Å². The van der Waals surface area contributed by atoms with Gasteiger partial charge in [-0.3, -0.25) is 4.79 Å². The molecule has 1 aromatic carbocycles. The number of pyridine rings is 1. The maximum atomic E-state index is 11.9. The summed E-state index contributed by atoms with van der Waals surface area (Å²) in [6.45, 7) is 1.23. The summed E-state index contributed by atoms with van der Waals surface area (Å²) in [7, 11) is 0. The van der Waals surface area contributed by atoms with E-state index in [1.165, 1.54) is 0 Å². The molecule has 0 spiro atoms. The molecule has 0 atom stereocenters. The Morgan fingerprint density at radius 2 is 1.89 bits per heavy atom. The molecule has 4 nitrogen and oxygen atoms in total. The highest BCUT2D eigenvalue weighted by atomic mass is 16.5. The Morgan fingerprint density at radius 1 is 1.11 bits per heavy atom. The van der Waals surface area contributed by atoms with E-state index in [1.54, 1.807) is 16.8 Å². The van der Waals surface area contributed by atoms with Gasteiger partial charge >= 0.3 is 0 Å². The second-order valence-electron chi connectivity index (χ2n) is 3.90. The molecule has 0 aliphatic carbocycles. The molecule has 2 aromatic rings. The third-order valence-corrected chi connectivity index (χ3v) is 2.66. The molecule has 0 unspecified atom stereocenters. The molecule has 1 heterocycles. The Bertz CT molecular complexity index is 549. The minimum absolute atomic E-state index is 0.0448. The van der Waals surface area contributed by atoms with E-state index in [1.807, 2.05) is 36.4 Å². The van der Waals surface area contributed by atoms with Gasteiger partial charge < -0.3 is 15.0 Å². The Hall–Kier alpha value is -2.07. The largest absolute Gasteiger partial charge is 0.492 e. The van der Waals surface area contributed by atoms with Crippen molar-refractivity contribution in [2.24, 2.45) is 5.73 Å². The summed E-state index contributed by atoms with van der Waals surface area (Å²) < 4.78 is 7.16. The molecule has 94 valence electrons. The molecule has 0 amide bonds. The van der Waals surface area contributed by atoms with Crippen molar-refractivity contribution in [3.63, 3.8) is 0 Å². The molecule has 18 heavy (non-hydrogen) atoms. The number of hydrogen-bond donors (Lipinski definition) is 1. The van der Waals surface area contributed by atoms with Crippen LogP contribution in [0.4, 0.5) is 0 Å². The van der Waals surface area contributed by atoms with Gasteiger partial charge in [0, 0.05) is 18.3 Å². The van der Waals surface area contributed by atoms with Crippen molar-refractivity contribution < 1.29 is 4.74 Å². The summed E-state index contributed by atoms with van der Waals surface area (Å²) in [4.78, 5) is 11.9. The van der Waals surface area contributed by atoms with Gasteiger partial charge in [0.2, 0.25) is 0 Å². The molecule has 0 radical (unpaired) electrons. The Balaban J connectivity index is 1.97. The minimum Gasteiger partial charge on any atom is -0.492 e. The van der Waals surface area contributed by atoms with Gasteiger partial charge in [0.1, 0.15) is 12.4 Å². The van der Waals surface area contributed by atoms with Gasteiger partial charge in [-0.15, -0.1) is 0 Å². The number of rotatable bonds is 5. The molecule has 0 saturated carbocycles. The van der Waals surface area contributed by atoms with Crippen LogP contribution < -0.4 is 16.0 Å². The van der Waals surface area contributed by atoms with Crippen molar-refractivity contribution >= 4 is 0 Å². The van der Waals surface area contributed by atoms with E-state index in [4.69, 9.17) is 10.5 Å². The summed E-state index contributed by atoms with van der Waals surface area (Å²) in [5.74, 6) is 0.806. The maximum absolute atomic E-state index is 11.9. The van der Waals surface area contributed by atoms with Crippen LogP contribution in [0.3, 0.4) is 0 Å². The quantitative estimate of drug-likeness (QED) is 0.864. The third kappa shape index (κ3) is 2.99. The lowest BCUT2D eigenvalue weighted by molar-refractivity contribution is 0.296. The lowest BCUT2D eigenvalue weighted by Crippen LogP contribution is -2.26.